The van der Waals surface area contributed by atoms with E-state index in [1.165, 1.54) is 0 Å². The maximum Gasteiger partial charge on any atom is 0.251 e. The Morgan fingerprint density at radius 2 is 1.87 bits per heavy atom. The standard InChI is InChI=1S/C22H26BrN3O4/c23-19-5-2-4-18(14-19)22(28)25-16-21(27)24-15-17-3-1-6-20(13-17)30-12-9-26-7-10-29-11-8-26/h1-6,13-14H,7-12,15-16H2,(H,24,27)(H,25,28). The number of nitrogens with one attached hydrogen (secondary N) is 2. The molecule has 0 atom stereocenters. The van der Waals surface area contributed by atoms with Gasteiger partial charge in [0.25, 0.3) is 5.91 Å². The molecular weight excluding hydrogens is 450 g/mol. The van der Waals surface area contributed by atoms with Gasteiger partial charge in [-0.3, -0.25) is 14.5 Å². The van der Waals surface area contributed by atoms with Gasteiger partial charge in [0.2, 0.25) is 5.91 Å². The van der Waals surface area contributed by atoms with Gasteiger partial charge in [-0.1, -0.05) is 34.1 Å². The second kappa shape index (κ2) is 11.7. The van der Waals surface area contributed by atoms with Crippen LogP contribution in [-0.4, -0.2) is 62.7 Å². The quantitative estimate of drug-likeness (QED) is 0.581. The summed E-state index contributed by atoms with van der Waals surface area (Å²) in [5, 5.41) is 5.43. The van der Waals surface area contributed by atoms with Crippen molar-refractivity contribution in [2.45, 2.75) is 6.54 Å². The van der Waals surface area contributed by atoms with Crippen molar-refractivity contribution >= 4 is 27.7 Å². The fourth-order valence-corrected chi connectivity index (χ4v) is 3.42. The molecule has 0 unspecified atom stereocenters. The monoisotopic (exact) mass is 475 g/mol. The molecule has 2 amide bonds. The van der Waals surface area contributed by atoms with Crippen molar-refractivity contribution in [1.29, 1.82) is 0 Å². The molecule has 7 nitrogen and oxygen atoms in total. The van der Waals surface area contributed by atoms with Crippen molar-refractivity contribution in [3.8, 4) is 5.75 Å². The first-order valence-electron chi connectivity index (χ1n) is 9.92. The van der Waals surface area contributed by atoms with Crippen LogP contribution < -0.4 is 15.4 Å². The molecule has 1 fully saturated rings. The van der Waals surface area contributed by atoms with E-state index in [2.05, 4.69) is 31.5 Å². The summed E-state index contributed by atoms with van der Waals surface area (Å²) in [6.07, 6.45) is 0. The van der Waals surface area contributed by atoms with Crippen LogP contribution in [0, 0.1) is 0 Å². The molecule has 1 aliphatic heterocycles. The highest BCUT2D eigenvalue weighted by molar-refractivity contribution is 9.10. The largest absolute Gasteiger partial charge is 0.492 e. The molecule has 0 radical (unpaired) electrons. The van der Waals surface area contributed by atoms with Crippen LogP contribution in [0.25, 0.3) is 0 Å². The predicted molar refractivity (Wildman–Crippen MR) is 118 cm³/mol. The molecule has 1 saturated heterocycles. The zero-order chi connectivity index (χ0) is 21.2. The van der Waals surface area contributed by atoms with Crippen LogP contribution in [0.1, 0.15) is 15.9 Å². The molecule has 1 heterocycles. The summed E-state index contributed by atoms with van der Waals surface area (Å²) in [4.78, 5) is 26.5. The molecule has 0 saturated carbocycles. The highest BCUT2D eigenvalue weighted by atomic mass is 79.9. The molecule has 0 aliphatic carbocycles. The van der Waals surface area contributed by atoms with Gasteiger partial charge in [0.1, 0.15) is 12.4 Å². The summed E-state index contributed by atoms with van der Waals surface area (Å²) in [5.74, 6) is 0.233. The smallest absolute Gasteiger partial charge is 0.251 e. The zero-order valence-electron chi connectivity index (χ0n) is 16.7. The van der Waals surface area contributed by atoms with Crippen LogP contribution in [0.15, 0.2) is 53.0 Å². The van der Waals surface area contributed by atoms with Crippen LogP contribution in [0.3, 0.4) is 0 Å². The molecule has 160 valence electrons. The lowest BCUT2D eigenvalue weighted by atomic mass is 10.2. The number of hydrogen-bond donors (Lipinski definition) is 2. The number of halogens is 1. The number of hydrogen-bond acceptors (Lipinski definition) is 5. The number of carbonyl (C=O) groups excluding carboxylic acids is 2. The van der Waals surface area contributed by atoms with Crippen LogP contribution in [0.2, 0.25) is 0 Å². The molecule has 8 heteroatoms. The Hall–Kier alpha value is -2.42. The Labute approximate surface area is 184 Å². The minimum absolute atomic E-state index is 0.0823. The van der Waals surface area contributed by atoms with Crippen molar-refractivity contribution in [3.63, 3.8) is 0 Å². The Kier molecular flexibility index (Phi) is 8.67. The van der Waals surface area contributed by atoms with E-state index in [1.54, 1.807) is 18.2 Å². The van der Waals surface area contributed by atoms with Gasteiger partial charge in [-0.05, 0) is 35.9 Å². The van der Waals surface area contributed by atoms with Crippen molar-refractivity contribution < 1.29 is 19.1 Å². The second-order valence-electron chi connectivity index (χ2n) is 6.92. The molecule has 0 spiro atoms. The highest BCUT2D eigenvalue weighted by Gasteiger charge is 2.10. The van der Waals surface area contributed by atoms with Crippen molar-refractivity contribution in [2.75, 3.05) is 46.0 Å². The van der Waals surface area contributed by atoms with E-state index in [1.807, 2.05) is 30.3 Å². The summed E-state index contributed by atoms with van der Waals surface area (Å²) in [6.45, 7) is 5.19. The topological polar surface area (TPSA) is 79.9 Å². The number of morpholine rings is 1. The summed E-state index contributed by atoms with van der Waals surface area (Å²) >= 11 is 3.33. The first kappa shape index (κ1) is 22.3. The molecule has 2 N–H and O–H groups in total. The van der Waals surface area contributed by atoms with Gasteiger partial charge in [0.05, 0.1) is 19.8 Å². The van der Waals surface area contributed by atoms with Gasteiger partial charge in [0, 0.05) is 36.2 Å². The average molecular weight is 476 g/mol. The first-order valence-corrected chi connectivity index (χ1v) is 10.7. The zero-order valence-corrected chi connectivity index (χ0v) is 18.3. The third-order valence-electron chi connectivity index (χ3n) is 4.66. The molecule has 2 aromatic rings. The minimum Gasteiger partial charge on any atom is -0.492 e. The number of rotatable bonds is 9. The summed E-state index contributed by atoms with van der Waals surface area (Å²) < 4.78 is 12.0. The lowest BCUT2D eigenvalue weighted by Crippen LogP contribution is -2.38. The Balaban J connectivity index is 1.38. The molecule has 2 aromatic carbocycles. The molecule has 1 aliphatic rings. The normalized spacial score (nSPS) is 14.2. The SMILES string of the molecule is O=C(CNC(=O)c1cccc(Br)c1)NCc1cccc(OCCN2CCOCC2)c1. The highest BCUT2D eigenvalue weighted by Crippen LogP contribution is 2.14. The van der Waals surface area contributed by atoms with Crippen molar-refractivity contribution in [1.82, 2.24) is 15.5 Å². The third-order valence-corrected chi connectivity index (χ3v) is 5.16. The van der Waals surface area contributed by atoms with Crippen molar-refractivity contribution in [3.05, 3.63) is 64.1 Å². The summed E-state index contributed by atoms with van der Waals surface area (Å²) in [7, 11) is 0. The number of amides is 2. The number of ether oxygens (including phenoxy) is 2. The molecule has 3 rings (SSSR count). The van der Waals surface area contributed by atoms with Gasteiger partial charge in [0.15, 0.2) is 0 Å². The van der Waals surface area contributed by atoms with Crippen LogP contribution >= 0.6 is 15.9 Å². The van der Waals surface area contributed by atoms with E-state index in [0.29, 0.717) is 18.7 Å². The lowest BCUT2D eigenvalue weighted by molar-refractivity contribution is -0.120. The van der Waals surface area contributed by atoms with Crippen LogP contribution in [-0.2, 0) is 16.1 Å². The number of benzene rings is 2. The van der Waals surface area contributed by atoms with Crippen molar-refractivity contribution in [2.24, 2.45) is 0 Å². The maximum atomic E-state index is 12.1. The van der Waals surface area contributed by atoms with Gasteiger partial charge in [-0.25, -0.2) is 0 Å². The Bertz CT molecular complexity index is 856. The maximum absolute atomic E-state index is 12.1. The summed E-state index contributed by atoms with van der Waals surface area (Å²) in [6, 6.07) is 14.7. The Morgan fingerprint density at radius 1 is 1.07 bits per heavy atom. The minimum atomic E-state index is -0.290. The van der Waals surface area contributed by atoms with E-state index in [-0.39, 0.29) is 18.4 Å². The van der Waals surface area contributed by atoms with Crippen LogP contribution in [0.4, 0.5) is 0 Å². The lowest BCUT2D eigenvalue weighted by Gasteiger charge is -2.26. The van der Waals surface area contributed by atoms with Crippen LogP contribution in [0.5, 0.6) is 5.75 Å². The van der Waals surface area contributed by atoms with Gasteiger partial charge < -0.3 is 20.1 Å². The van der Waals surface area contributed by atoms with Gasteiger partial charge >= 0.3 is 0 Å². The van der Waals surface area contributed by atoms with E-state index >= 15 is 0 Å². The molecule has 0 aromatic heterocycles. The number of nitrogens with zero attached hydrogens (tertiary/aromatic N) is 1. The first-order chi connectivity index (χ1) is 14.6. The van der Waals surface area contributed by atoms with Gasteiger partial charge in [-0.15, -0.1) is 0 Å². The molecule has 0 bridgehead atoms. The van der Waals surface area contributed by atoms with E-state index in [4.69, 9.17) is 9.47 Å². The second-order valence-corrected chi connectivity index (χ2v) is 7.84. The average Bonchev–Trinajstić information content (AvgIpc) is 2.77. The Morgan fingerprint density at radius 3 is 2.67 bits per heavy atom. The van der Waals surface area contributed by atoms with Gasteiger partial charge in [-0.2, -0.15) is 0 Å². The van der Waals surface area contributed by atoms with E-state index in [0.717, 1.165) is 48.6 Å². The predicted octanol–water partition coefficient (Wildman–Crippen LogP) is 2.21. The molecular formula is C22H26BrN3O4. The summed E-state index contributed by atoms with van der Waals surface area (Å²) in [5.41, 5.74) is 1.43. The van der Waals surface area contributed by atoms with E-state index in [9.17, 15) is 9.59 Å². The van der Waals surface area contributed by atoms with E-state index < -0.39 is 0 Å². The number of carbonyl (C=O) groups is 2. The third kappa shape index (κ3) is 7.44. The fourth-order valence-electron chi connectivity index (χ4n) is 3.02. The fraction of sp³-hybridized carbons (Fsp3) is 0.364. The molecule has 30 heavy (non-hydrogen) atoms.